The van der Waals surface area contributed by atoms with Crippen molar-refractivity contribution >= 4 is 23.2 Å². The Balaban J connectivity index is 2.70. The molecular weight excluding hydrogens is 279 g/mol. The van der Waals surface area contributed by atoms with Crippen molar-refractivity contribution in [3.63, 3.8) is 0 Å². The van der Waals surface area contributed by atoms with Gasteiger partial charge in [0.05, 0.1) is 12.5 Å². The summed E-state index contributed by atoms with van der Waals surface area (Å²) in [6, 6.07) is 5.69. The highest BCUT2D eigenvalue weighted by molar-refractivity contribution is 6.32. The molecule has 19 heavy (non-hydrogen) atoms. The number of alkyl halides is 1. The number of hydrogen-bond donors (Lipinski definition) is 0. The van der Waals surface area contributed by atoms with Crippen LogP contribution in [0.1, 0.15) is 51.5 Å². The molecule has 0 aliphatic carbocycles. The van der Waals surface area contributed by atoms with Crippen molar-refractivity contribution in [2.24, 2.45) is 11.3 Å². The van der Waals surface area contributed by atoms with E-state index >= 15 is 0 Å². The van der Waals surface area contributed by atoms with E-state index < -0.39 is 0 Å². The van der Waals surface area contributed by atoms with Crippen LogP contribution < -0.4 is 4.74 Å². The third-order valence-electron chi connectivity index (χ3n) is 3.12. The maximum atomic E-state index is 6.51. The zero-order chi connectivity index (χ0) is 14.6. The van der Waals surface area contributed by atoms with E-state index in [9.17, 15) is 0 Å². The van der Waals surface area contributed by atoms with E-state index in [2.05, 4.69) is 27.7 Å². The minimum atomic E-state index is -0.0456. The molecule has 108 valence electrons. The number of hydrogen-bond acceptors (Lipinski definition) is 1. The molecule has 0 fully saturated rings. The average Bonchev–Trinajstić information content (AvgIpc) is 2.25. The van der Waals surface area contributed by atoms with Gasteiger partial charge in [-0.05, 0) is 41.9 Å². The second-order valence-corrected chi connectivity index (χ2v) is 7.39. The molecule has 0 bridgehead atoms. The molecule has 1 nitrogen and oxygen atoms in total. The highest BCUT2D eigenvalue weighted by Crippen LogP contribution is 2.37. The molecule has 1 aromatic rings. The van der Waals surface area contributed by atoms with Crippen LogP contribution in [0.5, 0.6) is 5.75 Å². The molecule has 2 unspecified atom stereocenters. The van der Waals surface area contributed by atoms with Crippen LogP contribution in [0, 0.1) is 11.3 Å². The van der Waals surface area contributed by atoms with Crippen molar-refractivity contribution in [2.45, 2.75) is 45.9 Å². The van der Waals surface area contributed by atoms with Gasteiger partial charge in [0, 0.05) is 5.02 Å². The SMILES string of the molecule is COc1ccc(C(Cl)CC(C)CC(C)(C)C)c(Cl)c1. The average molecular weight is 303 g/mol. The highest BCUT2D eigenvalue weighted by atomic mass is 35.5. The monoisotopic (exact) mass is 302 g/mol. The molecule has 0 saturated carbocycles. The third-order valence-corrected chi connectivity index (χ3v) is 3.86. The Kier molecular flexibility index (Phi) is 6.01. The normalized spacial score (nSPS) is 15.1. The minimum Gasteiger partial charge on any atom is -0.497 e. The van der Waals surface area contributed by atoms with Crippen LogP contribution in [0.15, 0.2) is 18.2 Å². The van der Waals surface area contributed by atoms with Crippen LogP contribution >= 0.6 is 23.2 Å². The topological polar surface area (TPSA) is 9.23 Å². The lowest BCUT2D eigenvalue weighted by Crippen LogP contribution is -2.12. The molecule has 0 N–H and O–H groups in total. The first kappa shape index (κ1) is 16.7. The summed E-state index contributed by atoms with van der Waals surface area (Å²) in [5.74, 6) is 1.33. The van der Waals surface area contributed by atoms with Gasteiger partial charge in [0.1, 0.15) is 5.75 Å². The second-order valence-electron chi connectivity index (χ2n) is 6.46. The lowest BCUT2D eigenvalue weighted by molar-refractivity contribution is 0.295. The van der Waals surface area contributed by atoms with Gasteiger partial charge in [0.25, 0.3) is 0 Å². The van der Waals surface area contributed by atoms with Crippen molar-refractivity contribution < 1.29 is 4.74 Å². The summed E-state index contributed by atoms with van der Waals surface area (Å²) in [6.45, 7) is 9.02. The molecule has 0 aliphatic heterocycles. The fourth-order valence-electron chi connectivity index (χ4n) is 2.50. The fraction of sp³-hybridized carbons (Fsp3) is 0.625. The van der Waals surface area contributed by atoms with Crippen molar-refractivity contribution in [3.05, 3.63) is 28.8 Å². The molecule has 0 saturated heterocycles. The zero-order valence-electron chi connectivity index (χ0n) is 12.5. The van der Waals surface area contributed by atoms with Gasteiger partial charge in [-0.2, -0.15) is 0 Å². The van der Waals surface area contributed by atoms with Gasteiger partial charge in [0.15, 0.2) is 0 Å². The Bertz CT molecular complexity index is 410. The molecule has 0 aliphatic rings. The Morgan fingerprint density at radius 2 is 1.89 bits per heavy atom. The molecule has 0 heterocycles. The maximum absolute atomic E-state index is 6.51. The highest BCUT2D eigenvalue weighted by Gasteiger charge is 2.20. The van der Waals surface area contributed by atoms with Gasteiger partial charge in [0.2, 0.25) is 0 Å². The molecule has 0 aromatic heterocycles. The van der Waals surface area contributed by atoms with Gasteiger partial charge >= 0.3 is 0 Å². The van der Waals surface area contributed by atoms with Crippen LogP contribution in [0.2, 0.25) is 5.02 Å². The van der Waals surface area contributed by atoms with E-state index in [1.54, 1.807) is 7.11 Å². The summed E-state index contributed by atoms with van der Waals surface area (Å²) in [5, 5.41) is 0.637. The number of benzene rings is 1. The first-order chi connectivity index (χ1) is 8.73. The van der Waals surface area contributed by atoms with Crippen molar-refractivity contribution in [1.82, 2.24) is 0 Å². The maximum Gasteiger partial charge on any atom is 0.120 e. The second kappa shape index (κ2) is 6.85. The third kappa shape index (κ3) is 5.62. The Morgan fingerprint density at radius 1 is 1.26 bits per heavy atom. The van der Waals surface area contributed by atoms with E-state index in [-0.39, 0.29) is 5.38 Å². The predicted molar refractivity (Wildman–Crippen MR) is 84.5 cm³/mol. The lowest BCUT2D eigenvalue weighted by Gasteiger charge is -2.25. The lowest BCUT2D eigenvalue weighted by atomic mass is 9.83. The van der Waals surface area contributed by atoms with E-state index in [0.29, 0.717) is 16.4 Å². The molecule has 2 atom stereocenters. The summed E-state index contributed by atoms with van der Waals surface area (Å²) < 4.78 is 5.15. The number of rotatable bonds is 5. The van der Waals surface area contributed by atoms with Gasteiger partial charge < -0.3 is 4.74 Å². The zero-order valence-corrected chi connectivity index (χ0v) is 14.0. The quantitative estimate of drug-likeness (QED) is 0.598. The van der Waals surface area contributed by atoms with Crippen LogP contribution in [0.4, 0.5) is 0 Å². The first-order valence-corrected chi connectivity index (χ1v) is 7.52. The van der Waals surface area contributed by atoms with Gasteiger partial charge in [-0.25, -0.2) is 0 Å². The smallest absolute Gasteiger partial charge is 0.120 e. The van der Waals surface area contributed by atoms with Gasteiger partial charge in [-0.1, -0.05) is 45.4 Å². The summed E-state index contributed by atoms with van der Waals surface area (Å²) in [6.07, 6.45) is 2.09. The molecule has 0 amide bonds. The summed E-state index contributed by atoms with van der Waals surface area (Å²) >= 11 is 12.8. The van der Waals surface area contributed by atoms with Crippen LogP contribution in [-0.4, -0.2) is 7.11 Å². The van der Waals surface area contributed by atoms with Crippen molar-refractivity contribution in [3.8, 4) is 5.75 Å². The Hall–Kier alpha value is -0.400. The number of halogens is 2. The van der Waals surface area contributed by atoms with Crippen LogP contribution in [0.25, 0.3) is 0 Å². The molecule has 1 aromatic carbocycles. The number of ether oxygens (including phenoxy) is 1. The van der Waals surface area contributed by atoms with E-state index in [0.717, 1.165) is 24.2 Å². The predicted octanol–water partition coefficient (Wildman–Crippen LogP) is 6.09. The van der Waals surface area contributed by atoms with Gasteiger partial charge in [-0.15, -0.1) is 11.6 Å². The van der Waals surface area contributed by atoms with Crippen LogP contribution in [0.3, 0.4) is 0 Å². The van der Waals surface area contributed by atoms with E-state index in [1.165, 1.54) is 0 Å². The van der Waals surface area contributed by atoms with Crippen molar-refractivity contribution in [1.29, 1.82) is 0 Å². The molecular formula is C16H24Cl2O. The Morgan fingerprint density at radius 3 is 2.37 bits per heavy atom. The molecule has 1 rings (SSSR count). The largest absolute Gasteiger partial charge is 0.497 e. The Labute approximate surface area is 127 Å². The molecule has 0 radical (unpaired) electrons. The summed E-state index contributed by atoms with van der Waals surface area (Å²) in [7, 11) is 1.63. The minimum absolute atomic E-state index is 0.0456. The van der Waals surface area contributed by atoms with E-state index in [1.807, 2.05) is 18.2 Å². The fourth-order valence-corrected chi connectivity index (χ4v) is 3.35. The van der Waals surface area contributed by atoms with Crippen LogP contribution in [-0.2, 0) is 0 Å². The summed E-state index contributed by atoms with van der Waals surface area (Å²) in [5.41, 5.74) is 1.32. The number of methoxy groups -OCH3 is 1. The summed E-state index contributed by atoms with van der Waals surface area (Å²) in [4.78, 5) is 0. The standard InChI is InChI=1S/C16H24Cl2O/c1-11(10-16(2,3)4)8-14(17)13-7-6-12(19-5)9-15(13)18/h6-7,9,11,14H,8,10H2,1-5H3. The molecule has 0 spiro atoms. The van der Waals surface area contributed by atoms with Crippen molar-refractivity contribution in [2.75, 3.05) is 7.11 Å². The molecule has 3 heteroatoms. The van der Waals surface area contributed by atoms with E-state index in [4.69, 9.17) is 27.9 Å². The first-order valence-electron chi connectivity index (χ1n) is 6.70. The van der Waals surface area contributed by atoms with Gasteiger partial charge in [-0.3, -0.25) is 0 Å².